The first kappa shape index (κ1) is 16.9. The molecule has 0 unspecified atom stereocenters. The molecule has 0 saturated heterocycles. The third-order valence-electron chi connectivity index (χ3n) is 4.85. The van der Waals surface area contributed by atoms with Gasteiger partial charge in [0.1, 0.15) is 5.75 Å². The van der Waals surface area contributed by atoms with Crippen LogP contribution in [0.25, 0.3) is 38.9 Å². The number of nitrogens with zero attached hydrogens (tertiary/aromatic N) is 3. The van der Waals surface area contributed by atoms with Crippen molar-refractivity contribution in [2.45, 2.75) is 12.8 Å². The molecule has 0 spiro atoms. The van der Waals surface area contributed by atoms with Crippen LogP contribution in [-0.4, -0.2) is 27.2 Å². The number of phenolic OH excluding ortho intramolecular Hbond substituents is 1. The summed E-state index contributed by atoms with van der Waals surface area (Å²) in [5, 5.41) is 11.4. The van der Waals surface area contributed by atoms with Gasteiger partial charge in [-0.15, -0.1) is 11.3 Å². The van der Waals surface area contributed by atoms with Gasteiger partial charge in [0.15, 0.2) is 11.6 Å². The molecule has 0 saturated carbocycles. The Balaban J connectivity index is 1.67. The van der Waals surface area contributed by atoms with Crippen molar-refractivity contribution in [3.8, 4) is 34.5 Å². The Kier molecular flexibility index (Phi) is 4.06. The van der Waals surface area contributed by atoms with Crippen LogP contribution in [0.1, 0.15) is 16.9 Å². The highest BCUT2D eigenvalue weighted by molar-refractivity contribution is 7.20. The Morgan fingerprint density at radius 3 is 2.75 bits per heavy atom. The van der Waals surface area contributed by atoms with Crippen molar-refractivity contribution >= 4 is 27.5 Å². The summed E-state index contributed by atoms with van der Waals surface area (Å²) in [7, 11) is 1.53. The van der Waals surface area contributed by atoms with Crippen LogP contribution in [0.2, 0.25) is 0 Å². The summed E-state index contributed by atoms with van der Waals surface area (Å²) in [5.74, 6) is 1.03. The van der Waals surface area contributed by atoms with E-state index in [1.54, 1.807) is 18.2 Å². The summed E-state index contributed by atoms with van der Waals surface area (Å²) in [6.07, 6.45) is 6.57. The Labute approximate surface area is 166 Å². The molecule has 0 amide bonds. The number of ether oxygens (including phenoxy) is 1. The monoisotopic (exact) mass is 387 g/mol. The fraction of sp³-hybridized carbons (Fsp3) is 0.136. The molecule has 28 heavy (non-hydrogen) atoms. The Morgan fingerprint density at radius 2 is 1.89 bits per heavy atom. The van der Waals surface area contributed by atoms with Crippen LogP contribution in [-0.2, 0) is 6.42 Å². The van der Waals surface area contributed by atoms with Gasteiger partial charge in [0.2, 0.25) is 0 Å². The van der Waals surface area contributed by atoms with Crippen molar-refractivity contribution in [3.05, 3.63) is 59.0 Å². The van der Waals surface area contributed by atoms with Crippen LogP contribution in [0.5, 0.6) is 11.8 Å². The van der Waals surface area contributed by atoms with Gasteiger partial charge in [-0.25, -0.2) is 4.98 Å². The third kappa shape index (κ3) is 2.82. The first-order valence-corrected chi connectivity index (χ1v) is 9.85. The molecule has 6 heteroatoms. The average molecular weight is 387 g/mol. The van der Waals surface area contributed by atoms with Gasteiger partial charge in [-0.1, -0.05) is 18.2 Å². The molecule has 4 aromatic rings. The lowest BCUT2D eigenvalue weighted by Gasteiger charge is -2.09. The molecule has 1 aliphatic rings. The van der Waals surface area contributed by atoms with E-state index in [1.807, 2.05) is 23.5 Å². The number of aromatic nitrogens is 3. The van der Waals surface area contributed by atoms with Gasteiger partial charge in [-0.05, 0) is 60.2 Å². The van der Waals surface area contributed by atoms with E-state index in [2.05, 4.69) is 39.2 Å². The van der Waals surface area contributed by atoms with E-state index in [4.69, 9.17) is 4.74 Å². The summed E-state index contributed by atoms with van der Waals surface area (Å²) in [5.41, 5.74) is 2.84. The Bertz CT molecular complexity index is 1230. The lowest BCUT2D eigenvalue weighted by Crippen LogP contribution is -2.00. The summed E-state index contributed by atoms with van der Waals surface area (Å²) >= 11 is 1.82. The van der Waals surface area contributed by atoms with E-state index in [-0.39, 0.29) is 11.8 Å². The molecule has 0 fully saturated rings. The molecule has 0 aliphatic heterocycles. The molecular weight excluding hydrogens is 370 g/mol. The molecule has 1 N–H and O–H groups in total. The number of rotatable bonds is 3. The summed E-state index contributed by atoms with van der Waals surface area (Å²) in [6, 6.07) is 13.5. The lowest BCUT2D eigenvalue weighted by atomic mass is 10.00. The van der Waals surface area contributed by atoms with Crippen molar-refractivity contribution in [2.24, 2.45) is 0 Å². The zero-order valence-corrected chi connectivity index (χ0v) is 16.0. The van der Waals surface area contributed by atoms with Crippen LogP contribution < -0.4 is 4.74 Å². The first-order chi connectivity index (χ1) is 13.7. The number of para-hydroxylation sites is 1. The zero-order valence-electron chi connectivity index (χ0n) is 15.2. The van der Waals surface area contributed by atoms with Gasteiger partial charge >= 0.3 is 6.01 Å². The van der Waals surface area contributed by atoms with Gasteiger partial charge in [-0.3, -0.25) is 0 Å². The molecule has 2 aromatic carbocycles. The third-order valence-corrected chi connectivity index (χ3v) is 6.03. The van der Waals surface area contributed by atoms with Crippen molar-refractivity contribution in [1.82, 2.24) is 15.0 Å². The van der Waals surface area contributed by atoms with E-state index < -0.39 is 0 Å². The second kappa shape index (κ2) is 6.73. The van der Waals surface area contributed by atoms with Crippen LogP contribution in [0, 0.1) is 0 Å². The highest BCUT2D eigenvalue weighted by Gasteiger charge is 2.16. The second-order valence-corrected chi connectivity index (χ2v) is 7.67. The molecule has 2 heterocycles. The molecule has 1 aliphatic carbocycles. The molecule has 0 bridgehead atoms. The van der Waals surface area contributed by atoms with Crippen molar-refractivity contribution in [2.75, 3.05) is 7.11 Å². The fourth-order valence-electron chi connectivity index (χ4n) is 3.48. The van der Waals surface area contributed by atoms with Crippen LogP contribution >= 0.6 is 11.3 Å². The van der Waals surface area contributed by atoms with Crippen molar-refractivity contribution in [3.63, 3.8) is 0 Å². The number of hydrogen-bond donors (Lipinski definition) is 1. The van der Waals surface area contributed by atoms with E-state index >= 15 is 0 Å². The largest absolute Gasteiger partial charge is 0.507 e. The Morgan fingerprint density at radius 1 is 1.04 bits per heavy atom. The number of thiophene rings is 1. The van der Waals surface area contributed by atoms with E-state index in [9.17, 15) is 5.11 Å². The Hall–Kier alpha value is -3.25. The van der Waals surface area contributed by atoms with Crippen molar-refractivity contribution in [1.29, 1.82) is 0 Å². The number of aromatic hydroxyl groups is 1. The summed E-state index contributed by atoms with van der Waals surface area (Å²) in [6.45, 7) is 0. The maximum absolute atomic E-state index is 10.2. The predicted molar refractivity (Wildman–Crippen MR) is 112 cm³/mol. The number of methoxy groups -OCH3 is 1. The second-order valence-electron chi connectivity index (χ2n) is 6.58. The summed E-state index contributed by atoms with van der Waals surface area (Å²) < 4.78 is 6.56. The number of fused-ring (bicyclic) bond motifs is 3. The van der Waals surface area contributed by atoms with Crippen LogP contribution in [0.3, 0.4) is 0 Å². The molecular formula is C22H17N3O2S. The standard InChI is InChI=1S/C22H17N3O2S/c1-27-22-24-20(23-21(25-22)15-7-2-4-8-17(15)26)13-10-11-19-16(12-13)14-6-3-5-9-18(14)28-19/h2,4-5,7-12,26H,3,6H2,1H3. The number of aryl methyl sites for hydroxylation is 1. The van der Waals surface area contributed by atoms with Crippen LogP contribution in [0.15, 0.2) is 48.5 Å². The minimum Gasteiger partial charge on any atom is -0.507 e. The minimum absolute atomic E-state index is 0.121. The number of phenols is 1. The average Bonchev–Trinajstić information content (AvgIpc) is 3.11. The van der Waals surface area contributed by atoms with Gasteiger partial charge < -0.3 is 9.84 Å². The van der Waals surface area contributed by atoms with E-state index in [0.29, 0.717) is 17.2 Å². The topological polar surface area (TPSA) is 68.1 Å². The molecule has 5 rings (SSSR count). The van der Waals surface area contributed by atoms with E-state index in [0.717, 1.165) is 18.4 Å². The molecule has 138 valence electrons. The maximum atomic E-state index is 10.2. The van der Waals surface area contributed by atoms with Gasteiger partial charge in [-0.2, -0.15) is 9.97 Å². The SMILES string of the molecule is COc1nc(-c2ccc3sc4c(c3c2)CCC=C4)nc(-c2ccccc2O)n1. The minimum atomic E-state index is 0.121. The maximum Gasteiger partial charge on any atom is 0.320 e. The van der Waals surface area contributed by atoms with Crippen molar-refractivity contribution < 1.29 is 9.84 Å². The first-order valence-electron chi connectivity index (χ1n) is 9.04. The lowest BCUT2D eigenvalue weighted by molar-refractivity contribution is 0.379. The molecule has 0 atom stereocenters. The number of hydrogen-bond acceptors (Lipinski definition) is 6. The molecule has 5 nitrogen and oxygen atoms in total. The number of allylic oxidation sites excluding steroid dienone is 1. The highest BCUT2D eigenvalue weighted by Crippen LogP contribution is 2.37. The van der Waals surface area contributed by atoms with Gasteiger partial charge in [0.25, 0.3) is 0 Å². The zero-order chi connectivity index (χ0) is 19.1. The fourth-order valence-corrected chi connectivity index (χ4v) is 4.64. The van der Waals surface area contributed by atoms with Gasteiger partial charge in [0.05, 0.1) is 12.7 Å². The van der Waals surface area contributed by atoms with E-state index in [1.165, 1.54) is 27.6 Å². The highest BCUT2D eigenvalue weighted by atomic mass is 32.1. The molecule has 0 radical (unpaired) electrons. The quantitative estimate of drug-likeness (QED) is 0.530. The predicted octanol–water partition coefficient (Wildman–Crippen LogP) is 5.09. The van der Waals surface area contributed by atoms with Gasteiger partial charge in [0, 0.05) is 15.1 Å². The summed E-state index contributed by atoms with van der Waals surface area (Å²) in [4.78, 5) is 14.7. The molecule has 2 aromatic heterocycles. The number of benzene rings is 2. The van der Waals surface area contributed by atoms with Crippen LogP contribution in [0.4, 0.5) is 0 Å². The normalized spacial score (nSPS) is 12.9. The smallest absolute Gasteiger partial charge is 0.320 e.